The Kier molecular flexibility index (Phi) is 6.89. The minimum atomic E-state index is -0.561. The van der Waals surface area contributed by atoms with Gasteiger partial charge >= 0.3 is 0 Å². The fourth-order valence-electron chi connectivity index (χ4n) is 2.83. The van der Waals surface area contributed by atoms with Crippen LogP contribution in [0.4, 0.5) is 4.39 Å². The lowest BCUT2D eigenvalue weighted by atomic mass is 9.99. The Hall–Kier alpha value is -2.47. The second-order valence-electron chi connectivity index (χ2n) is 5.68. The van der Waals surface area contributed by atoms with Crippen LogP contribution in [0.5, 0.6) is 0 Å². The molecule has 1 aromatic heterocycles. The van der Waals surface area contributed by atoms with E-state index < -0.39 is 5.82 Å². The van der Waals surface area contributed by atoms with Crippen molar-refractivity contribution in [2.75, 3.05) is 13.1 Å². The van der Waals surface area contributed by atoms with Crippen molar-refractivity contribution in [2.24, 2.45) is 5.92 Å². The van der Waals surface area contributed by atoms with E-state index in [0.717, 1.165) is 17.9 Å². The van der Waals surface area contributed by atoms with E-state index in [1.807, 2.05) is 24.3 Å². The highest BCUT2D eigenvalue weighted by atomic mass is 35.5. The summed E-state index contributed by atoms with van der Waals surface area (Å²) in [7, 11) is 0. The molecule has 1 unspecified atom stereocenters. The van der Waals surface area contributed by atoms with Crippen molar-refractivity contribution in [2.45, 2.75) is 12.8 Å². The Bertz CT molecular complexity index is 725. The molecule has 0 spiro atoms. The first-order chi connectivity index (χ1) is 12.0. The normalized spacial score (nSPS) is 16.1. The second kappa shape index (κ2) is 9.13. The van der Waals surface area contributed by atoms with Gasteiger partial charge in [0.05, 0.1) is 0 Å². The van der Waals surface area contributed by atoms with E-state index in [0.29, 0.717) is 19.0 Å². The van der Waals surface area contributed by atoms with E-state index in [1.165, 1.54) is 23.9 Å². The predicted molar refractivity (Wildman–Crippen MR) is 92.1 cm³/mol. The molecule has 0 aliphatic carbocycles. The summed E-state index contributed by atoms with van der Waals surface area (Å²) in [6.07, 6.45) is 3.26. The first-order valence-corrected chi connectivity index (χ1v) is 8.15. The van der Waals surface area contributed by atoms with Crippen LogP contribution < -0.4 is 0 Å². The third-order valence-electron chi connectivity index (χ3n) is 3.97. The number of nitrogens with zero attached hydrogens (tertiary/aromatic N) is 2. The Morgan fingerprint density at radius 3 is 2.68 bits per heavy atom. The summed E-state index contributed by atoms with van der Waals surface area (Å²) in [4.78, 5) is 26.2. The third-order valence-corrected chi connectivity index (χ3v) is 4.22. The van der Waals surface area contributed by atoms with Crippen LogP contribution in [0.25, 0.3) is 0 Å². The summed E-state index contributed by atoms with van der Waals surface area (Å²) < 4.78 is 13.7. The van der Waals surface area contributed by atoms with Crippen molar-refractivity contribution < 1.29 is 19.1 Å². The van der Waals surface area contributed by atoms with Crippen molar-refractivity contribution >= 4 is 24.0 Å². The molecule has 1 atom stereocenters. The fraction of sp³-hybridized carbons (Fsp3) is 0.278. The Labute approximate surface area is 150 Å². The standard InChI is InChI=1S/C17H16ClFN2O.CH2O2/c18-14-5-3-12(4-6-14)10-13-7-9-21(11-13)17(22)16-15(19)2-1-8-20-16;2-1-3/h1-6,8,13H,7,9-11H2;1H,(H,2,3). The minimum absolute atomic E-state index is 0.0883. The largest absolute Gasteiger partial charge is 0.483 e. The van der Waals surface area contributed by atoms with Gasteiger partial charge in [-0.15, -0.1) is 0 Å². The minimum Gasteiger partial charge on any atom is -0.483 e. The van der Waals surface area contributed by atoms with Gasteiger partial charge in [0.1, 0.15) is 0 Å². The van der Waals surface area contributed by atoms with Crippen LogP contribution in [0.3, 0.4) is 0 Å². The van der Waals surface area contributed by atoms with E-state index in [1.54, 1.807) is 4.90 Å². The summed E-state index contributed by atoms with van der Waals surface area (Å²) in [5.41, 5.74) is 1.11. The average molecular weight is 365 g/mol. The average Bonchev–Trinajstić information content (AvgIpc) is 3.06. The molecule has 1 aromatic carbocycles. The summed E-state index contributed by atoms with van der Waals surface area (Å²) in [6, 6.07) is 10.5. The van der Waals surface area contributed by atoms with E-state index in [4.69, 9.17) is 21.5 Å². The zero-order chi connectivity index (χ0) is 18.2. The third kappa shape index (κ3) is 5.26. The monoisotopic (exact) mass is 364 g/mol. The van der Waals surface area contributed by atoms with E-state index in [2.05, 4.69) is 4.98 Å². The van der Waals surface area contributed by atoms with Gasteiger partial charge in [-0.2, -0.15) is 0 Å². The van der Waals surface area contributed by atoms with Gasteiger partial charge in [0.15, 0.2) is 11.5 Å². The van der Waals surface area contributed by atoms with Crippen LogP contribution in [0, 0.1) is 11.7 Å². The lowest BCUT2D eigenvalue weighted by molar-refractivity contribution is -0.122. The molecule has 1 saturated heterocycles. The van der Waals surface area contributed by atoms with Gasteiger partial charge in [-0.3, -0.25) is 9.59 Å². The highest BCUT2D eigenvalue weighted by Crippen LogP contribution is 2.23. The highest BCUT2D eigenvalue weighted by molar-refractivity contribution is 6.30. The molecule has 132 valence electrons. The van der Waals surface area contributed by atoms with Crippen LogP contribution in [-0.4, -0.2) is 40.5 Å². The Morgan fingerprint density at radius 2 is 2.04 bits per heavy atom. The van der Waals surface area contributed by atoms with E-state index >= 15 is 0 Å². The molecule has 0 radical (unpaired) electrons. The van der Waals surface area contributed by atoms with E-state index in [9.17, 15) is 9.18 Å². The summed E-state index contributed by atoms with van der Waals surface area (Å²) >= 11 is 5.88. The number of carboxylic acid groups (broad SMARTS) is 1. The van der Waals surface area contributed by atoms with Crippen molar-refractivity contribution in [3.63, 3.8) is 0 Å². The fourth-order valence-corrected chi connectivity index (χ4v) is 2.96. The number of aromatic nitrogens is 1. The first kappa shape index (κ1) is 18.9. The number of benzene rings is 1. The van der Waals surface area contributed by atoms with Gasteiger partial charge in [0.2, 0.25) is 0 Å². The summed E-state index contributed by atoms with van der Waals surface area (Å²) in [5, 5.41) is 7.61. The smallest absolute Gasteiger partial charge is 0.290 e. The van der Waals surface area contributed by atoms with Crippen LogP contribution >= 0.6 is 11.6 Å². The highest BCUT2D eigenvalue weighted by Gasteiger charge is 2.29. The molecule has 0 saturated carbocycles. The number of hydrogen-bond donors (Lipinski definition) is 1. The molecule has 1 fully saturated rings. The molecule has 2 heterocycles. The predicted octanol–water partition coefficient (Wildman–Crippen LogP) is 3.28. The first-order valence-electron chi connectivity index (χ1n) is 7.77. The van der Waals surface area contributed by atoms with Crippen molar-refractivity contribution in [1.82, 2.24) is 9.88 Å². The quantitative estimate of drug-likeness (QED) is 0.848. The van der Waals surface area contributed by atoms with Crippen molar-refractivity contribution in [3.8, 4) is 0 Å². The molecule has 25 heavy (non-hydrogen) atoms. The summed E-state index contributed by atoms with van der Waals surface area (Å²) in [5.74, 6) is -0.498. The Morgan fingerprint density at radius 1 is 1.36 bits per heavy atom. The number of hydrogen-bond acceptors (Lipinski definition) is 3. The van der Waals surface area contributed by atoms with Crippen LogP contribution in [0.2, 0.25) is 5.02 Å². The zero-order valence-corrected chi connectivity index (χ0v) is 14.2. The number of carbonyl (C=O) groups excluding carboxylic acids is 1. The van der Waals surface area contributed by atoms with Crippen molar-refractivity contribution in [3.05, 3.63) is 64.7 Å². The number of likely N-dealkylation sites (tertiary alicyclic amines) is 1. The number of pyridine rings is 1. The number of carbonyl (C=O) groups is 2. The zero-order valence-electron chi connectivity index (χ0n) is 13.4. The molecule has 5 nitrogen and oxygen atoms in total. The molecule has 3 rings (SSSR count). The lowest BCUT2D eigenvalue weighted by Gasteiger charge is -2.16. The molecule has 1 aliphatic heterocycles. The molecule has 7 heteroatoms. The number of rotatable bonds is 3. The topological polar surface area (TPSA) is 70.5 Å². The molecule has 1 amide bonds. The number of halogens is 2. The maximum atomic E-state index is 13.7. The van der Waals surface area contributed by atoms with Crippen LogP contribution in [-0.2, 0) is 11.2 Å². The second-order valence-corrected chi connectivity index (χ2v) is 6.11. The molecular formula is C18H18ClFN2O3. The molecule has 1 aliphatic rings. The van der Waals surface area contributed by atoms with Gasteiger partial charge in [-0.1, -0.05) is 23.7 Å². The number of amides is 1. The van der Waals surface area contributed by atoms with Gasteiger partial charge in [-0.25, -0.2) is 9.37 Å². The van der Waals surface area contributed by atoms with Crippen molar-refractivity contribution in [1.29, 1.82) is 0 Å². The molecule has 2 aromatic rings. The van der Waals surface area contributed by atoms with Crippen LogP contribution in [0.1, 0.15) is 22.5 Å². The van der Waals surface area contributed by atoms with Gasteiger partial charge in [0.25, 0.3) is 12.4 Å². The lowest BCUT2D eigenvalue weighted by Crippen LogP contribution is -2.30. The SMILES string of the molecule is O=C(c1ncccc1F)N1CCC(Cc2ccc(Cl)cc2)C1.O=CO. The Balaban J connectivity index is 0.000000701. The van der Waals surface area contributed by atoms with E-state index in [-0.39, 0.29) is 18.1 Å². The van der Waals surface area contributed by atoms with Crippen LogP contribution in [0.15, 0.2) is 42.6 Å². The maximum Gasteiger partial charge on any atom is 0.290 e. The van der Waals surface area contributed by atoms with Gasteiger partial charge in [-0.05, 0) is 48.6 Å². The molecule has 0 bridgehead atoms. The van der Waals surface area contributed by atoms with Gasteiger partial charge < -0.3 is 10.0 Å². The molecule has 1 N–H and O–H groups in total. The van der Waals surface area contributed by atoms with Gasteiger partial charge in [0, 0.05) is 24.3 Å². The molecular weight excluding hydrogens is 347 g/mol. The summed E-state index contributed by atoms with van der Waals surface area (Å²) in [6.45, 7) is 1.03. The maximum absolute atomic E-state index is 13.7.